The van der Waals surface area contributed by atoms with Gasteiger partial charge in [-0.1, -0.05) is 38.1 Å². The van der Waals surface area contributed by atoms with Gasteiger partial charge in [0, 0.05) is 0 Å². The lowest BCUT2D eigenvalue weighted by Gasteiger charge is -2.52. The molecule has 4 unspecified atom stereocenters. The van der Waals surface area contributed by atoms with Crippen LogP contribution in [0.2, 0.25) is 0 Å². The van der Waals surface area contributed by atoms with Gasteiger partial charge in [-0.2, -0.15) is 0 Å². The van der Waals surface area contributed by atoms with Crippen molar-refractivity contribution in [1.82, 2.24) is 0 Å². The molecule has 2 aliphatic heterocycles. The van der Waals surface area contributed by atoms with E-state index >= 15 is 0 Å². The zero-order chi connectivity index (χ0) is 22.1. The quantitative estimate of drug-likeness (QED) is 0.485. The summed E-state index contributed by atoms with van der Waals surface area (Å²) in [4.78, 5) is 0. The average molecular weight is 425 g/mol. The summed E-state index contributed by atoms with van der Waals surface area (Å²) in [6.07, 6.45) is 2.91. The van der Waals surface area contributed by atoms with Gasteiger partial charge in [-0.05, 0) is 69.0 Å². The molecule has 0 spiro atoms. The van der Waals surface area contributed by atoms with Gasteiger partial charge in [0.2, 0.25) is 0 Å². The van der Waals surface area contributed by atoms with Gasteiger partial charge in [0.15, 0.2) is 0 Å². The molecule has 31 heavy (non-hydrogen) atoms. The molecule has 2 aliphatic rings. The van der Waals surface area contributed by atoms with Crippen molar-refractivity contribution in [3.8, 4) is 22.6 Å². The first-order chi connectivity index (χ1) is 14.9. The summed E-state index contributed by atoms with van der Waals surface area (Å²) in [6, 6.07) is 16.7. The monoisotopic (exact) mass is 424 g/mol. The van der Waals surface area contributed by atoms with Crippen molar-refractivity contribution in [2.45, 2.75) is 65.8 Å². The van der Waals surface area contributed by atoms with Crippen molar-refractivity contribution in [3.63, 3.8) is 0 Å². The maximum atomic E-state index is 6.14. The lowest BCUT2D eigenvalue weighted by atomic mass is 9.71. The highest BCUT2D eigenvalue weighted by Crippen LogP contribution is 2.44. The summed E-state index contributed by atoms with van der Waals surface area (Å²) in [7, 11) is 0. The van der Waals surface area contributed by atoms with E-state index in [9.17, 15) is 0 Å². The summed E-state index contributed by atoms with van der Waals surface area (Å²) < 4.78 is 23.6. The summed E-state index contributed by atoms with van der Waals surface area (Å²) in [5.41, 5.74) is 2.62. The smallest absolute Gasteiger partial charge is 0.119 e. The minimum absolute atomic E-state index is 0.119. The molecule has 168 valence electrons. The van der Waals surface area contributed by atoms with E-state index in [0.29, 0.717) is 13.2 Å². The SMILES string of the molecule is CCC1(COc2ccc(-c3ccc(OCC4(CC)C(C)OC4C)cc3)cc2)COC1C. The van der Waals surface area contributed by atoms with Crippen molar-refractivity contribution in [2.75, 3.05) is 19.8 Å². The zero-order valence-corrected chi connectivity index (χ0v) is 19.5. The van der Waals surface area contributed by atoms with E-state index in [1.54, 1.807) is 0 Å². The second-order valence-corrected chi connectivity index (χ2v) is 9.30. The first-order valence-corrected chi connectivity index (χ1v) is 11.7. The number of hydrogen-bond acceptors (Lipinski definition) is 4. The molecule has 4 heteroatoms. The van der Waals surface area contributed by atoms with Crippen LogP contribution in [0.3, 0.4) is 0 Å². The Balaban J connectivity index is 1.34. The third-order valence-corrected chi connectivity index (χ3v) is 7.95. The van der Waals surface area contributed by atoms with Crippen molar-refractivity contribution < 1.29 is 18.9 Å². The van der Waals surface area contributed by atoms with Crippen LogP contribution in [0.1, 0.15) is 47.5 Å². The minimum Gasteiger partial charge on any atom is -0.493 e. The molecule has 2 fully saturated rings. The largest absolute Gasteiger partial charge is 0.493 e. The number of hydrogen-bond donors (Lipinski definition) is 0. The van der Waals surface area contributed by atoms with Crippen LogP contribution < -0.4 is 9.47 Å². The number of rotatable bonds is 9. The van der Waals surface area contributed by atoms with Gasteiger partial charge in [0.05, 0.1) is 49.0 Å². The van der Waals surface area contributed by atoms with Gasteiger partial charge in [0.1, 0.15) is 11.5 Å². The molecular weight excluding hydrogens is 388 g/mol. The Hall–Kier alpha value is -2.04. The average Bonchev–Trinajstić information content (AvgIpc) is 2.80. The summed E-state index contributed by atoms with van der Waals surface area (Å²) >= 11 is 0. The topological polar surface area (TPSA) is 36.9 Å². The Morgan fingerprint density at radius 1 is 0.742 bits per heavy atom. The number of ether oxygens (including phenoxy) is 4. The molecule has 4 atom stereocenters. The Bertz CT molecular complexity index is 848. The van der Waals surface area contributed by atoms with Gasteiger partial charge in [-0.3, -0.25) is 0 Å². The van der Waals surface area contributed by atoms with Crippen LogP contribution in [0.25, 0.3) is 11.1 Å². The summed E-state index contributed by atoms with van der Waals surface area (Å²) in [6.45, 7) is 13.0. The molecule has 0 N–H and O–H groups in total. The van der Waals surface area contributed by atoms with E-state index in [1.165, 1.54) is 11.1 Å². The Labute approximate surface area is 186 Å². The molecular formula is C27H36O4. The number of benzene rings is 2. The first-order valence-electron chi connectivity index (χ1n) is 11.7. The molecule has 2 aromatic carbocycles. The standard InChI is InChI=1S/C27H36O4/c1-6-26(16-28-19(26)3)17-29-24-12-8-22(9-13-24)23-10-14-25(15-11-23)30-18-27(7-2)20(4)31-21(27)5/h8-15,19-21H,6-7,16-18H2,1-5H3. The second kappa shape index (κ2) is 8.84. The molecule has 0 radical (unpaired) electrons. The lowest BCUT2D eigenvalue weighted by Crippen LogP contribution is -2.59. The van der Waals surface area contributed by atoms with Crippen LogP contribution in [0, 0.1) is 10.8 Å². The molecule has 0 bridgehead atoms. The molecule has 2 heterocycles. The van der Waals surface area contributed by atoms with E-state index in [0.717, 1.165) is 30.9 Å². The zero-order valence-electron chi connectivity index (χ0n) is 19.5. The van der Waals surface area contributed by atoms with Crippen LogP contribution in [-0.2, 0) is 9.47 Å². The van der Waals surface area contributed by atoms with Crippen molar-refractivity contribution in [1.29, 1.82) is 0 Å². The van der Waals surface area contributed by atoms with Gasteiger partial charge >= 0.3 is 0 Å². The predicted octanol–water partition coefficient (Wildman–Crippen LogP) is 6.13. The fourth-order valence-electron chi connectivity index (χ4n) is 4.82. The van der Waals surface area contributed by atoms with E-state index < -0.39 is 0 Å². The third kappa shape index (κ3) is 4.08. The first kappa shape index (κ1) is 22.2. The van der Waals surface area contributed by atoms with Gasteiger partial charge in [-0.15, -0.1) is 0 Å². The molecule has 0 aromatic heterocycles. The highest BCUT2D eigenvalue weighted by atomic mass is 16.5. The van der Waals surface area contributed by atoms with Crippen LogP contribution in [0.5, 0.6) is 11.5 Å². The van der Waals surface area contributed by atoms with Crippen LogP contribution >= 0.6 is 0 Å². The van der Waals surface area contributed by atoms with Crippen molar-refractivity contribution >= 4 is 0 Å². The maximum absolute atomic E-state index is 6.14. The summed E-state index contributed by atoms with van der Waals surface area (Å²) in [5.74, 6) is 1.82. The molecule has 0 amide bonds. The fraction of sp³-hybridized carbons (Fsp3) is 0.556. The van der Waals surface area contributed by atoms with Crippen molar-refractivity contribution in [3.05, 3.63) is 48.5 Å². The van der Waals surface area contributed by atoms with E-state index in [2.05, 4.69) is 83.1 Å². The van der Waals surface area contributed by atoms with Gasteiger partial charge in [0.25, 0.3) is 0 Å². The Morgan fingerprint density at radius 3 is 1.61 bits per heavy atom. The highest BCUT2D eigenvalue weighted by molar-refractivity contribution is 5.64. The van der Waals surface area contributed by atoms with E-state index in [1.807, 2.05) is 0 Å². The molecule has 2 aromatic rings. The van der Waals surface area contributed by atoms with Gasteiger partial charge in [-0.25, -0.2) is 0 Å². The van der Waals surface area contributed by atoms with Gasteiger partial charge < -0.3 is 18.9 Å². The Kier molecular flexibility index (Phi) is 6.32. The van der Waals surface area contributed by atoms with Crippen LogP contribution in [0.15, 0.2) is 48.5 Å². The molecule has 0 aliphatic carbocycles. The van der Waals surface area contributed by atoms with Crippen LogP contribution in [0.4, 0.5) is 0 Å². The van der Waals surface area contributed by atoms with Crippen LogP contribution in [-0.4, -0.2) is 38.1 Å². The summed E-state index contributed by atoms with van der Waals surface area (Å²) in [5, 5.41) is 0. The molecule has 2 saturated heterocycles. The normalized spacial score (nSPS) is 32.1. The molecule has 4 nitrogen and oxygen atoms in total. The third-order valence-electron chi connectivity index (χ3n) is 7.95. The van der Waals surface area contributed by atoms with Crippen molar-refractivity contribution in [2.24, 2.45) is 10.8 Å². The molecule has 0 saturated carbocycles. The predicted molar refractivity (Wildman–Crippen MR) is 124 cm³/mol. The highest BCUT2D eigenvalue weighted by Gasteiger charge is 2.51. The second-order valence-electron chi connectivity index (χ2n) is 9.30. The van der Waals surface area contributed by atoms with E-state index in [4.69, 9.17) is 18.9 Å². The fourth-order valence-corrected chi connectivity index (χ4v) is 4.82. The van der Waals surface area contributed by atoms with E-state index in [-0.39, 0.29) is 29.1 Å². The lowest BCUT2D eigenvalue weighted by molar-refractivity contribution is -0.246. The molecule has 4 rings (SSSR count). The Morgan fingerprint density at radius 2 is 1.26 bits per heavy atom. The maximum Gasteiger partial charge on any atom is 0.119 e. The minimum atomic E-state index is 0.119.